The molecule has 1 heterocycles. The quantitative estimate of drug-likeness (QED) is 0.341. The van der Waals surface area contributed by atoms with E-state index in [1.165, 1.54) is 33.6 Å². The van der Waals surface area contributed by atoms with Gasteiger partial charge in [-0.1, -0.05) is 47.7 Å². The second kappa shape index (κ2) is 9.95. The number of rotatable bonds is 7. The summed E-state index contributed by atoms with van der Waals surface area (Å²) in [4.78, 5) is 11.8. The molecule has 0 bridgehead atoms. The summed E-state index contributed by atoms with van der Waals surface area (Å²) in [6, 6.07) is 18.3. The smallest absolute Gasteiger partial charge is 0.312 e. The number of ether oxygens (including phenoxy) is 2. The molecule has 148 valence electrons. The number of thiophene rings is 1. The molecule has 4 heteroatoms. The highest BCUT2D eigenvalue weighted by Gasteiger charge is 2.09. The Morgan fingerprint density at radius 1 is 1.00 bits per heavy atom. The van der Waals surface area contributed by atoms with Gasteiger partial charge in [-0.05, 0) is 66.8 Å². The van der Waals surface area contributed by atoms with Crippen molar-refractivity contribution < 1.29 is 14.3 Å². The average molecular weight is 405 g/mol. The standard InChI is InChI=1S/C25H24O3S/c1-4-5-6-13-22(26)28-24-15-14-23(29-24)27-17-20-11-8-12-21(16-20)25-18(2)9-7-10-19(25)3/h7-12,14-16H,6,13,17H2,1-3H3. The van der Waals surface area contributed by atoms with Gasteiger partial charge in [-0.15, -0.1) is 11.8 Å². The Kier molecular flexibility index (Phi) is 7.10. The Morgan fingerprint density at radius 3 is 2.48 bits per heavy atom. The summed E-state index contributed by atoms with van der Waals surface area (Å²) in [5, 5.41) is 1.26. The van der Waals surface area contributed by atoms with Gasteiger partial charge >= 0.3 is 5.97 Å². The molecule has 2 aromatic carbocycles. The molecule has 1 aromatic heterocycles. The molecule has 0 aliphatic heterocycles. The molecular formula is C25H24O3S. The monoisotopic (exact) mass is 404 g/mol. The number of carbonyl (C=O) groups is 1. The van der Waals surface area contributed by atoms with Gasteiger partial charge in [-0.2, -0.15) is 0 Å². The minimum Gasteiger partial charge on any atom is -0.479 e. The Bertz CT molecular complexity index is 1030. The van der Waals surface area contributed by atoms with E-state index in [0.29, 0.717) is 24.5 Å². The van der Waals surface area contributed by atoms with Crippen LogP contribution < -0.4 is 9.47 Å². The molecule has 0 saturated carbocycles. The van der Waals surface area contributed by atoms with Crippen molar-refractivity contribution in [3.8, 4) is 33.1 Å². The van der Waals surface area contributed by atoms with Gasteiger partial charge in [-0.25, -0.2) is 0 Å². The lowest BCUT2D eigenvalue weighted by molar-refractivity contribution is -0.134. The fourth-order valence-electron chi connectivity index (χ4n) is 3.13. The number of aryl methyl sites for hydroxylation is 2. The topological polar surface area (TPSA) is 35.5 Å². The zero-order valence-electron chi connectivity index (χ0n) is 17.0. The first-order valence-corrected chi connectivity index (χ1v) is 10.4. The summed E-state index contributed by atoms with van der Waals surface area (Å²) in [6.45, 7) is 6.48. The summed E-state index contributed by atoms with van der Waals surface area (Å²) in [6.07, 6.45) is 0.806. The summed E-state index contributed by atoms with van der Waals surface area (Å²) < 4.78 is 11.2. The highest BCUT2D eigenvalue weighted by atomic mass is 32.1. The largest absolute Gasteiger partial charge is 0.479 e. The third kappa shape index (κ3) is 5.73. The van der Waals surface area contributed by atoms with Crippen LogP contribution in [0.4, 0.5) is 0 Å². The molecule has 3 aromatic rings. The van der Waals surface area contributed by atoms with E-state index in [0.717, 1.165) is 10.6 Å². The van der Waals surface area contributed by atoms with Crippen molar-refractivity contribution in [2.75, 3.05) is 0 Å². The molecule has 3 nitrogen and oxygen atoms in total. The zero-order chi connectivity index (χ0) is 20.6. The predicted molar refractivity (Wildman–Crippen MR) is 118 cm³/mol. The van der Waals surface area contributed by atoms with Crippen LogP contribution in [-0.2, 0) is 11.4 Å². The van der Waals surface area contributed by atoms with E-state index in [2.05, 4.69) is 68.2 Å². The van der Waals surface area contributed by atoms with Crippen molar-refractivity contribution in [2.24, 2.45) is 0 Å². The van der Waals surface area contributed by atoms with E-state index >= 15 is 0 Å². The van der Waals surface area contributed by atoms with Crippen molar-refractivity contribution in [1.82, 2.24) is 0 Å². The van der Waals surface area contributed by atoms with E-state index in [9.17, 15) is 4.79 Å². The van der Waals surface area contributed by atoms with Crippen molar-refractivity contribution in [3.63, 3.8) is 0 Å². The van der Waals surface area contributed by atoms with E-state index < -0.39 is 0 Å². The van der Waals surface area contributed by atoms with Gasteiger partial charge in [0.25, 0.3) is 0 Å². The molecule has 29 heavy (non-hydrogen) atoms. The molecule has 0 spiro atoms. The number of esters is 1. The van der Waals surface area contributed by atoms with E-state index in [-0.39, 0.29) is 5.97 Å². The molecule has 0 N–H and O–H groups in total. The van der Waals surface area contributed by atoms with Crippen molar-refractivity contribution in [1.29, 1.82) is 0 Å². The SMILES string of the molecule is CC#CCCC(=O)Oc1ccc(OCc2cccc(-c3c(C)cccc3C)c2)s1. The highest BCUT2D eigenvalue weighted by molar-refractivity contribution is 7.15. The van der Waals surface area contributed by atoms with Gasteiger partial charge in [0.1, 0.15) is 6.61 Å². The van der Waals surface area contributed by atoms with Crippen molar-refractivity contribution in [2.45, 2.75) is 40.2 Å². The first-order chi connectivity index (χ1) is 14.1. The summed E-state index contributed by atoms with van der Waals surface area (Å²) in [7, 11) is 0. The molecule has 0 amide bonds. The van der Waals surface area contributed by atoms with Crippen LogP contribution in [0.3, 0.4) is 0 Å². The van der Waals surface area contributed by atoms with Gasteiger partial charge in [-0.3, -0.25) is 4.79 Å². The first kappa shape index (κ1) is 20.7. The molecule has 3 rings (SSSR count). The fraction of sp³-hybridized carbons (Fsp3) is 0.240. The average Bonchev–Trinajstić information content (AvgIpc) is 3.14. The van der Waals surface area contributed by atoms with Crippen LogP contribution in [0, 0.1) is 25.7 Å². The predicted octanol–water partition coefficient (Wildman–Crippen LogP) is 6.32. The summed E-state index contributed by atoms with van der Waals surface area (Å²) in [5.41, 5.74) is 6.08. The minimum atomic E-state index is -0.276. The Hall–Kier alpha value is -3.03. The number of hydrogen-bond donors (Lipinski definition) is 0. The highest BCUT2D eigenvalue weighted by Crippen LogP contribution is 2.32. The van der Waals surface area contributed by atoms with Gasteiger partial charge in [0, 0.05) is 6.42 Å². The maximum Gasteiger partial charge on any atom is 0.312 e. The fourth-order valence-corrected chi connectivity index (χ4v) is 3.85. The van der Waals surface area contributed by atoms with Crippen molar-refractivity contribution in [3.05, 3.63) is 71.3 Å². The first-order valence-electron chi connectivity index (χ1n) is 9.55. The lowest BCUT2D eigenvalue weighted by atomic mass is 9.95. The van der Waals surface area contributed by atoms with Gasteiger partial charge < -0.3 is 9.47 Å². The Labute approximate surface area is 176 Å². The molecule has 0 aliphatic carbocycles. The zero-order valence-corrected chi connectivity index (χ0v) is 17.8. The van der Waals surface area contributed by atoms with E-state index in [4.69, 9.17) is 9.47 Å². The van der Waals surface area contributed by atoms with Crippen LogP contribution in [-0.4, -0.2) is 5.97 Å². The van der Waals surface area contributed by atoms with Crippen LogP contribution in [0.5, 0.6) is 10.1 Å². The molecule has 0 radical (unpaired) electrons. The number of carbonyl (C=O) groups excluding carboxylic acids is 1. The van der Waals surface area contributed by atoms with Crippen LogP contribution in [0.15, 0.2) is 54.6 Å². The number of benzene rings is 2. The second-order valence-corrected chi connectivity index (χ2v) is 7.74. The molecule has 0 aliphatic rings. The summed E-state index contributed by atoms with van der Waals surface area (Å²) >= 11 is 1.32. The molecule has 0 unspecified atom stereocenters. The Morgan fingerprint density at radius 2 is 1.72 bits per heavy atom. The van der Waals surface area contributed by atoms with E-state index in [1.807, 2.05) is 6.07 Å². The Balaban J connectivity index is 1.62. The van der Waals surface area contributed by atoms with Crippen LogP contribution in [0.25, 0.3) is 11.1 Å². The molecular weight excluding hydrogens is 380 g/mol. The minimum absolute atomic E-state index is 0.276. The molecule has 0 fully saturated rings. The molecule has 0 saturated heterocycles. The maximum atomic E-state index is 11.8. The van der Waals surface area contributed by atoms with Crippen LogP contribution >= 0.6 is 11.3 Å². The third-order valence-corrected chi connectivity index (χ3v) is 5.36. The van der Waals surface area contributed by atoms with Crippen LogP contribution in [0.2, 0.25) is 0 Å². The van der Waals surface area contributed by atoms with Gasteiger partial charge in [0.2, 0.25) is 0 Å². The van der Waals surface area contributed by atoms with Crippen molar-refractivity contribution >= 4 is 17.3 Å². The maximum absolute atomic E-state index is 11.8. The third-order valence-electron chi connectivity index (χ3n) is 4.48. The van der Waals surface area contributed by atoms with Gasteiger partial charge in [0.15, 0.2) is 10.1 Å². The normalized spacial score (nSPS) is 10.2. The van der Waals surface area contributed by atoms with Gasteiger partial charge in [0.05, 0.1) is 6.42 Å². The lowest BCUT2D eigenvalue weighted by Gasteiger charge is -2.11. The lowest BCUT2D eigenvalue weighted by Crippen LogP contribution is -2.05. The second-order valence-electron chi connectivity index (χ2n) is 6.73. The van der Waals surface area contributed by atoms with Crippen LogP contribution in [0.1, 0.15) is 36.5 Å². The van der Waals surface area contributed by atoms with E-state index in [1.54, 1.807) is 13.0 Å². The molecule has 0 atom stereocenters. The number of hydrogen-bond acceptors (Lipinski definition) is 4. The summed E-state index contributed by atoms with van der Waals surface area (Å²) in [5.74, 6) is 5.35.